The first-order valence-corrected chi connectivity index (χ1v) is 7.87. The van der Waals surface area contributed by atoms with Gasteiger partial charge >= 0.3 is 0 Å². The molecule has 2 aliphatic rings. The maximum Gasteiger partial charge on any atom is 0.276 e. The van der Waals surface area contributed by atoms with Gasteiger partial charge in [0.1, 0.15) is 0 Å². The summed E-state index contributed by atoms with van der Waals surface area (Å²) in [4.78, 5) is 16.3. The minimum absolute atomic E-state index is 0.230. The van der Waals surface area contributed by atoms with Crippen LogP contribution >= 0.6 is 0 Å². The van der Waals surface area contributed by atoms with Gasteiger partial charge in [-0.1, -0.05) is 48.5 Å². The van der Waals surface area contributed by atoms with E-state index in [4.69, 9.17) is 0 Å². The van der Waals surface area contributed by atoms with Crippen molar-refractivity contribution in [2.75, 3.05) is 18.5 Å². The molecule has 2 aliphatic heterocycles. The number of likely N-dealkylation sites (N-methyl/N-ethyl adjacent to an activating group) is 1. The molecule has 118 valence electrons. The Morgan fingerprint density at radius 3 is 2.48 bits per heavy atom. The van der Waals surface area contributed by atoms with Crippen LogP contribution in [0.5, 0.6) is 0 Å². The van der Waals surface area contributed by atoms with Crippen molar-refractivity contribution >= 4 is 11.6 Å². The van der Waals surface area contributed by atoms with Gasteiger partial charge in [0.05, 0.1) is 5.41 Å². The van der Waals surface area contributed by atoms with E-state index in [1.165, 1.54) is 0 Å². The van der Waals surface area contributed by atoms with Crippen molar-refractivity contribution in [3.05, 3.63) is 65.7 Å². The molecule has 2 aromatic carbocycles. The number of rotatable bonds is 2. The molecule has 23 heavy (non-hydrogen) atoms. The molecule has 4 heteroatoms. The lowest BCUT2D eigenvalue weighted by molar-refractivity contribution is -0.144. The van der Waals surface area contributed by atoms with Gasteiger partial charge in [-0.15, -0.1) is 0 Å². The maximum absolute atomic E-state index is 12.8. The second-order valence-corrected chi connectivity index (χ2v) is 6.75. The van der Waals surface area contributed by atoms with E-state index in [-0.39, 0.29) is 5.91 Å². The topological polar surface area (TPSA) is 43.8 Å². The van der Waals surface area contributed by atoms with Crippen molar-refractivity contribution in [1.29, 1.82) is 0 Å². The molecule has 4 nitrogen and oxygen atoms in total. The predicted molar refractivity (Wildman–Crippen MR) is 89.0 cm³/mol. The van der Waals surface area contributed by atoms with E-state index in [1.807, 2.05) is 66.4 Å². The van der Waals surface area contributed by atoms with Crippen molar-refractivity contribution < 1.29 is 9.90 Å². The van der Waals surface area contributed by atoms with Crippen LogP contribution in [-0.2, 0) is 16.8 Å². The molecule has 0 bridgehead atoms. The largest absolute Gasteiger partial charge is 0.362 e. The van der Waals surface area contributed by atoms with Crippen LogP contribution in [-0.4, -0.2) is 35.2 Å². The Balaban J connectivity index is 1.88. The van der Waals surface area contributed by atoms with Crippen molar-refractivity contribution in [3.8, 4) is 0 Å². The zero-order valence-corrected chi connectivity index (χ0v) is 13.4. The predicted octanol–water partition coefficient (Wildman–Crippen LogP) is 2.13. The van der Waals surface area contributed by atoms with Crippen molar-refractivity contribution in [1.82, 2.24) is 4.90 Å². The van der Waals surface area contributed by atoms with Crippen molar-refractivity contribution in [3.63, 3.8) is 0 Å². The number of amides is 1. The molecule has 0 spiro atoms. The molecule has 1 amide bonds. The summed E-state index contributed by atoms with van der Waals surface area (Å²) in [6, 6.07) is 17.9. The summed E-state index contributed by atoms with van der Waals surface area (Å²) in [6.07, 6.45) is 0. The third kappa shape index (κ3) is 1.67. The lowest BCUT2D eigenvalue weighted by atomic mass is 9.78. The van der Waals surface area contributed by atoms with Gasteiger partial charge < -0.3 is 14.9 Å². The maximum atomic E-state index is 12.8. The average molecular weight is 308 g/mol. The fourth-order valence-corrected chi connectivity index (χ4v) is 4.16. The molecule has 1 N–H and O–H groups in total. The number of hydrogen-bond donors (Lipinski definition) is 1. The number of anilines is 1. The van der Waals surface area contributed by atoms with E-state index in [2.05, 4.69) is 0 Å². The van der Waals surface area contributed by atoms with Crippen LogP contribution in [0, 0.1) is 0 Å². The Bertz CT molecular complexity index is 776. The third-order valence-corrected chi connectivity index (χ3v) is 5.33. The van der Waals surface area contributed by atoms with Gasteiger partial charge in [-0.2, -0.15) is 0 Å². The van der Waals surface area contributed by atoms with E-state index in [0.717, 1.165) is 16.8 Å². The number of hydrogen-bond acceptors (Lipinski definition) is 3. The zero-order chi connectivity index (χ0) is 16.2. The number of para-hydroxylation sites is 1. The van der Waals surface area contributed by atoms with Crippen LogP contribution in [0.1, 0.15) is 18.1 Å². The van der Waals surface area contributed by atoms with Gasteiger partial charge in [-0.05, 0) is 24.1 Å². The van der Waals surface area contributed by atoms with E-state index in [0.29, 0.717) is 13.1 Å². The molecule has 0 aliphatic carbocycles. The molecule has 1 fully saturated rings. The molecule has 2 heterocycles. The molecule has 0 radical (unpaired) electrons. The van der Waals surface area contributed by atoms with Crippen LogP contribution in [0.2, 0.25) is 0 Å². The molecule has 0 unspecified atom stereocenters. The van der Waals surface area contributed by atoms with E-state index < -0.39 is 11.1 Å². The summed E-state index contributed by atoms with van der Waals surface area (Å²) in [5.74, 6) is -0.230. The van der Waals surface area contributed by atoms with Gasteiger partial charge in [-0.25, -0.2) is 0 Å². The number of likely N-dealkylation sites (tertiary alicyclic amines) is 1. The Labute approximate surface area is 136 Å². The third-order valence-electron chi connectivity index (χ3n) is 5.33. The van der Waals surface area contributed by atoms with Crippen LogP contribution < -0.4 is 4.90 Å². The first kappa shape index (κ1) is 14.3. The summed E-state index contributed by atoms with van der Waals surface area (Å²) >= 11 is 0. The first-order valence-electron chi connectivity index (χ1n) is 7.87. The SMILES string of the molecule is CN1C[C@@]2(C)c3ccccc3N(Cc3ccccc3)[C@]2(O)C1=O. The Morgan fingerprint density at radius 1 is 1.09 bits per heavy atom. The van der Waals surface area contributed by atoms with Crippen molar-refractivity contribution in [2.45, 2.75) is 24.6 Å². The quantitative estimate of drug-likeness (QED) is 0.924. The lowest BCUT2D eigenvalue weighted by Crippen LogP contribution is -2.59. The van der Waals surface area contributed by atoms with Gasteiger partial charge in [0, 0.05) is 25.8 Å². The fraction of sp³-hybridized carbons (Fsp3) is 0.316. The summed E-state index contributed by atoms with van der Waals surface area (Å²) in [7, 11) is 1.76. The van der Waals surface area contributed by atoms with Crippen LogP contribution in [0.15, 0.2) is 54.6 Å². The normalized spacial score (nSPS) is 28.9. The van der Waals surface area contributed by atoms with Gasteiger partial charge in [0.15, 0.2) is 0 Å². The highest BCUT2D eigenvalue weighted by atomic mass is 16.3. The van der Waals surface area contributed by atoms with Gasteiger partial charge in [0.2, 0.25) is 5.72 Å². The Hall–Kier alpha value is -2.33. The van der Waals surface area contributed by atoms with E-state index in [9.17, 15) is 9.90 Å². The summed E-state index contributed by atoms with van der Waals surface area (Å²) in [5.41, 5.74) is 0.909. The van der Waals surface area contributed by atoms with Crippen LogP contribution in [0.4, 0.5) is 5.69 Å². The first-order chi connectivity index (χ1) is 11.0. The smallest absolute Gasteiger partial charge is 0.276 e. The van der Waals surface area contributed by atoms with E-state index in [1.54, 1.807) is 11.9 Å². The fourth-order valence-electron chi connectivity index (χ4n) is 4.16. The highest BCUT2D eigenvalue weighted by Crippen LogP contribution is 2.55. The molecule has 2 aromatic rings. The number of carbonyl (C=O) groups excluding carboxylic acids is 1. The van der Waals surface area contributed by atoms with Crippen molar-refractivity contribution in [2.24, 2.45) is 0 Å². The number of nitrogens with zero attached hydrogens (tertiary/aromatic N) is 2. The molecule has 2 atom stereocenters. The number of fused-ring (bicyclic) bond motifs is 3. The Kier molecular flexibility index (Phi) is 2.85. The summed E-state index contributed by atoms with van der Waals surface area (Å²) in [5, 5.41) is 11.5. The average Bonchev–Trinajstić information content (AvgIpc) is 2.86. The summed E-state index contributed by atoms with van der Waals surface area (Å²) < 4.78 is 0. The highest BCUT2D eigenvalue weighted by Gasteiger charge is 2.68. The molecular weight excluding hydrogens is 288 g/mol. The Morgan fingerprint density at radius 2 is 1.74 bits per heavy atom. The number of carbonyl (C=O) groups is 1. The van der Waals surface area contributed by atoms with Crippen LogP contribution in [0.3, 0.4) is 0 Å². The standard InChI is InChI=1S/C19H20N2O2/c1-18-13-20(2)17(22)19(18,23)21(12-14-8-4-3-5-9-14)16-11-7-6-10-15(16)18/h3-11,23H,12-13H2,1-2H3/t18-,19-/m0/s1. The molecular formula is C19H20N2O2. The number of aliphatic hydroxyl groups is 1. The minimum Gasteiger partial charge on any atom is -0.362 e. The van der Waals surface area contributed by atoms with Gasteiger partial charge in [-0.3, -0.25) is 4.79 Å². The monoisotopic (exact) mass is 308 g/mol. The second kappa shape index (κ2) is 4.59. The minimum atomic E-state index is -1.53. The second-order valence-electron chi connectivity index (χ2n) is 6.75. The molecule has 0 aromatic heterocycles. The summed E-state index contributed by atoms with van der Waals surface area (Å²) in [6.45, 7) is 3.01. The lowest BCUT2D eigenvalue weighted by Gasteiger charge is -2.37. The molecule has 0 saturated carbocycles. The van der Waals surface area contributed by atoms with Gasteiger partial charge in [0.25, 0.3) is 5.91 Å². The molecule has 4 rings (SSSR count). The van der Waals surface area contributed by atoms with E-state index >= 15 is 0 Å². The molecule has 1 saturated heterocycles. The van der Waals surface area contributed by atoms with Crippen LogP contribution in [0.25, 0.3) is 0 Å². The number of benzene rings is 2. The zero-order valence-electron chi connectivity index (χ0n) is 13.4. The highest BCUT2D eigenvalue weighted by molar-refractivity contribution is 5.96.